The van der Waals surface area contributed by atoms with E-state index >= 15 is 0 Å². The molecule has 2 fully saturated rings. The van der Waals surface area contributed by atoms with Crippen molar-refractivity contribution in [2.75, 3.05) is 13.2 Å². The second kappa shape index (κ2) is 4.78. The van der Waals surface area contributed by atoms with Gasteiger partial charge in [-0.15, -0.1) is 0 Å². The third-order valence-electron chi connectivity index (χ3n) is 3.05. The van der Waals surface area contributed by atoms with Crippen LogP contribution in [0.25, 0.3) is 0 Å². The summed E-state index contributed by atoms with van der Waals surface area (Å²) in [6, 6.07) is -1.68. The molecule has 0 aromatic carbocycles. The van der Waals surface area contributed by atoms with Crippen molar-refractivity contribution in [3.8, 4) is 0 Å². The molecule has 0 aromatic heterocycles. The van der Waals surface area contributed by atoms with Gasteiger partial charge in [0.2, 0.25) is 5.91 Å². The molecule has 0 aromatic rings. The molecule has 0 radical (unpaired) electrons. The van der Waals surface area contributed by atoms with Crippen LogP contribution in [0.3, 0.4) is 0 Å². The Morgan fingerprint density at radius 2 is 2.06 bits per heavy atom. The molecule has 2 aliphatic rings. The maximum absolute atomic E-state index is 11.6. The smallest absolute Gasteiger partial charge is 0.326 e. The lowest BCUT2D eigenvalue weighted by Gasteiger charge is -2.35. The lowest BCUT2D eigenvalue weighted by atomic mass is 10.1. The number of hydrogen-bond donors (Lipinski definition) is 5. The van der Waals surface area contributed by atoms with Crippen LogP contribution in [0.4, 0.5) is 4.79 Å². The Hall–Kier alpha value is -1.26. The van der Waals surface area contributed by atoms with Gasteiger partial charge in [0.15, 0.2) is 6.23 Å². The molecular formula is C9H15N3O6. The van der Waals surface area contributed by atoms with Crippen LogP contribution in [-0.2, 0) is 9.53 Å². The summed E-state index contributed by atoms with van der Waals surface area (Å²) in [7, 11) is 0. The van der Waals surface area contributed by atoms with E-state index in [0.717, 1.165) is 4.90 Å². The molecule has 18 heavy (non-hydrogen) atoms. The third-order valence-corrected chi connectivity index (χ3v) is 3.05. The minimum atomic E-state index is -1.37. The maximum atomic E-state index is 11.6. The number of aliphatic hydroxyl groups excluding tert-OH is 3. The van der Waals surface area contributed by atoms with Gasteiger partial charge < -0.3 is 25.8 Å². The summed E-state index contributed by atoms with van der Waals surface area (Å²) in [5, 5.41) is 30.3. The minimum Gasteiger partial charge on any atom is -0.394 e. The lowest BCUT2D eigenvalue weighted by molar-refractivity contribution is -0.127. The Morgan fingerprint density at radius 1 is 1.39 bits per heavy atom. The summed E-state index contributed by atoms with van der Waals surface area (Å²) in [4.78, 5) is 23.8. The van der Waals surface area contributed by atoms with Gasteiger partial charge in [-0.05, 0) is 0 Å². The van der Waals surface area contributed by atoms with Crippen LogP contribution >= 0.6 is 0 Å². The number of urea groups is 1. The zero-order valence-corrected chi connectivity index (χ0v) is 9.39. The molecule has 5 atom stereocenters. The Balaban J connectivity index is 2.12. The van der Waals surface area contributed by atoms with Gasteiger partial charge in [-0.1, -0.05) is 0 Å². The molecule has 0 aliphatic carbocycles. The Kier molecular flexibility index (Phi) is 3.50. The number of hydrogen-bond acceptors (Lipinski definition) is 7. The summed E-state index contributed by atoms with van der Waals surface area (Å²) in [6.07, 6.45) is -4.79. The van der Waals surface area contributed by atoms with Crippen molar-refractivity contribution in [1.82, 2.24) is 10.2 Å². The topological polar surface area (TPSA) is 145 Å². The number of carbonyl (C=O) groups excluding carboxylic acids is 2. The Morgan fingerprint density at radius 3 is 2.61 bits per heavy atom. The first-order valence-corrected chi connectivity index (χ1v) is 5.45. The zero-order valence-electron chi connectivity index (χ0n) is 9.39. The molecule has 3 amide bonds. The summed E-state index contributed by atoms with van der Waals surface area (Å²) in [5.74, 6) is -0.608. The van der Waals surface area contributed by atoms with Crippen molar-refractivity contribution >= 4 is 11.9 Å². The van der Waals surface area contributed by atoms with Gasteiger partial charge in [0, 0.05) is 6.54 Å². The van der Waals surface area contributed by atoms with Gasteiger partial charge >= 0.3 is 6.03 Å². The molecule has 2 unspecified atom stereocenters. The van der Waals surface area contributed by atoms with E-state index in [9.17, 15) is 19.8 Å². The second-order valence-corrected chi connectivity index (χ2v) is 4.28. The number of imide groups is 1. The van der Waals surface area contributed by atoms with E-state index < -0.39 is 49.1 Å². The first-order valence-electron chi connectivity index (χ1n) is 5.45. The van der Waals surface area contributed by atoms with E-state index in [4.69, 9.17) is 15.6 Å². The summed E-state index contributed by atoms with van der Waals surface area (Å²) in [5.41, 5.74) is 5.49. The molecular weight excluding hydrogens is 246 g/mol. The van der Waals surface area contributed by atoms with Crippen molar-refractivity contribution in [3.05, 3.63) is 0 Å². The predicted octanol–water partition coefficient (Wildman–Crippen LogP) is -3.70. The highest BCUT2D eigenvalue weighted by molar-refractivity contribution is 5.99. The average Bonchev–Trinajstić information content (AvgIpc) is 2.61. The van der Waals surface area contributed by atoms with Gasteiger partial charge in [-0.25, -0.2) is 4.79 Å². The number of ether oxygens (including phenoxy) is 1. The minimum absolute atomic E-state index is 0.128. The van der Waals surface area contributed by atoms with E-state index in [0.29, 0.717) is 0 Å². The standard InChI is InChI=1S/C9H15N3O6/c10-3-1-12(9(17)11-7(3)16)8-6(15)5(14)4(2-13)18-8/h3-6,8,13-15H,1-2,10H2,(H,11,16,17)/t3?,4-,5+,6?,8-/m1/s1. The molecule has 0 saturated carbocycles. The van der Waals surface area contributed by atoms with Crippen LogP contribution in [-0.4, -0.2) is 75.9 Å². The highest BCUT2D eigenvalue weighted by Crippen LogP contribution is 2.24. The van der Waals surface area contributed by atoms with Gasteiger partial charge in [0.25, 0.3) is 0 Å². The van der Waals surface area contributed by atoms with Crippen molar-refractivity contribution < 1.29 is 29.6 Å². The van der Waals surface area contributed by atoms with Crippen LogP contribution in [0.1, 0.15) is 0 Å². The van der Waals surface area contributed by atoms with Crippen molar-refractivity contribution in [2.45, 2.75) is 30.6 Å². The molecule has 2 rings (SSSR count). The molecule has 9 heteroatoms. The lowest BCUT2D eigenvalue weighted by Crippen LogP contribution is -2.64. The normalized spacial score (nSPS) is 41.1. The predicted molar refractivity (Wildman–Crippen MR) is 56.0 cm³/mol. The molecule has 2 heterocycles. The van der Waals surface area contributed by atoms with Crippen LogP contribution < -0.4 is 11.1 Å². The molecule has 102 valence electrons. The molecule has 2 aliphatic heterocycles. The number of nitrogens with two attached hydrogens (primary N) is 1. The maximum Gasteiger partial charge on any atom is 0.326 e. The van der Waals surface area contributed by atoms with Gasteiger partial charge in [0.1, 0.15) is 24.4 Å². The van der Waals surface area contributed by atoms with Crippen molar-refractivity contribution in [2.24, 2.45) is 5.73 Å². The van der Waals surface area contributed by atoms with E-state index in [-0.39, 0.29) is 6.54 Å². The summed E-state index contributed by atoms with van der Waals surface area (Å²) < 4.78 is 5.18. The highest BCUT2D eigenvalue weighted by atomic mass is 16.6. The van der Waals surface area contributed by atoms with Gasteiger partial charge in [-0.2, -0.15) is 0 Å². The number of aliphatic hydroxyl groups is 3. The Labute approximate surface area is 102 Å². The number of nitrogens with zero attached hydrogens (tertiary/aromatic N) is 1. The van der Waals surface area contributed by atoms with Crippen LogP contribution in [0, 0.1) is 0 Å². The quantitative estimate of drug-likeness (QED) is 0.344. The molecule has 0 spiro atoms. The van der Waals surface area contributed by atoms with Crippen LogP contribution in [0.5, 0.6) is 0 Å². The van der Waals surface area contributed by atoms with E-state index in [2.05, 4.69) is 0 Å². The fraction of sp³-hybridized carbons (Fsp3) is 0.778. The van der Waals surface area contributed by atoms with Crippen molar-refractivity contribution in [3.63, 3.8) is 0 Å². The zero-order chi connectivity index (χ0) is 13.4. The summed E-state index contributed by atoms with van der Waals surface area (Å²) in [6.45, 7) is -0.619. The van der Waals surface area contributed by atoms with Gasteiger partial charge in [0.05, 0.1) is 6.61 Å². The first kappa shape index (κ1) is 13.2. The second-order valence-electron chi connectivity index (χ2n) is 4.28. The Bertz CT molecular complexity index is 364. The number of nitrogens with one attached hydrogen (secondary N) is 1. The van der Waals surface area contributed by atoms with E-state index in [1.807, 2.05) is 5.32 Å². The van der Waals surface area contributed by atoms with Crippen LogP contribution in [0.15, 0.2) is 0 Å². The van der Waals surface area contributed by atoms with Crippen LogP contribution in [0.2, 0.25) is 0 Å². The number of rotatable bonds is 2. The SMILES string of the molecule is NC1CN([C@@H]2O[C@H](CO)[C@H](O)C2O)C(=O)NC1=O. The van der Waals surface area contributed by atoms with Crippen molar-refractivity contribution in [1.29, 1.82) is 0 Å². The highest BCUT2D eigenvalue weighted by Gasteiger charge is 2.48. The summed E-state index contributed by atoms with van der Waals surface area (Å²) >= 11 is 0. The molecule has 2 saturated heterocycles. The fourth-order valence-corrected chi connectivity index (χ4v) is 2.00. The third kappa shape index (κ3) is 2.06. The first-order chi connectivity index (χ1) is 8.45. The molecule has 0 bridgehead atoms. The van der Waals surface area contributed by atoms with Gasteiger partial charge in [-0.3, -0.25) is 15.0 Å². The fourth-order valence-electron chi connectivity index (χ4n) is 2.00. The average molecular weight is 261 g/mol. The molecule has 9 nitrogen and oxygen atoms in total. The number of amides is 3. The number of carbonyl (C=O) groups is 2. The van der Waals surface area contributed by atoms with E-state index in [1.165, 1.54) is 0 Å². The van der Waals surface area contributed by atoms with E-state index in [1.54, 1.807) is 0 Å². The largest absolute Gasteiger partial charge is 0.394 e. The molecule has 6 N–H and O–H groups in total. The monoisotopic (exact) mass is 261 g/mol.